The van der Waals surface area contributed by atoms with Crippen LogP contribution < -0.4 is 5.32 Å². The van der Waals surface area contributed by atoms with Gasteiger partial charge in [-0.05, 0) is 37.9 Å². The van der Waals surface area contributed by atoms with Crippen molar-refractivity contribution in [2.45, 2.75) is 66.0 Å². The zero-order chi connectivity index (χ0) is 20.7. The molecular formula is C23H37N3O2. The Bertz CT molecular complexity index is 635. The Morgan fingerprint density at radius 3 is 2.39 bits per heavy atom. The van der Waals surface area contributed by atoms with Crippen molar-refractivity contribution >= 4 is 11.8 Å². The molecule has 0 spiro atoms. The smallest absolute Gasteiger partial charge is 0.242 e. The van der Waals surface area contributed by atoms with E-state index in [4.69, 9.17) is 0 Å². The summed E-state index contributed by atoms with van der Waals surface area (Å²) >= 11 is 0. The SMILES string of the molecule is CCN(CC)C(CNC(=O)C1CCCN1C(=O)C(C)(C)C)Cc1ccccc1. The zero-order valence-corrected chi connectivity index (χ0v) is 18.2. The van der Waals surface area contributed by atoms with Crippen molar-refractivity contribution in [1.82, 2.24) is 15.1 Å². The van der Waals surface area contributed by atoms with Crippen LogP contribution in [0.4, 0.5) is 0 Å². The minimum absolute atomic E-state index is 0.0136. The van der Waals surface area contributed by atoms with Gasteiger partial charge < -0.3 is 10.2 Å². The second-order valence-electron chi connectivity index (χ2n) is 8.72. The van der Waals surface area contributed by atoms with E-state index in [0.29, 0.717) is 13.1 Å². The van der Waals surface area contributed by atoms with E-state index in [-0.39, 0.29) is 23.9 Å². The average Bonchev–Trinajstić information content (AvgIpc) is 3.15. The Balaban J connectivity index is 2.02. The molecule has 2 rings (SSSR count). The van der Waals surface area contributed by atoms with Crippen LogP contribution in [0.15, 0.2) is 30.3 Å². The van der Waals surface area contributed by atoms with Gasteiger partial charge >= 0.3 is 0 Å². The van der Waals surface area contributed by atoms with Gasteiger partial charge in [-0.25, -0.2) is 0 Å². The molecule has 1 saturated heterocycles. The zero-order valence-electron chi connectivity index (χ0n) is 18.2. The van der Waals surface area contributed by atoms with Crippen molar-refractivity contribution in [3.63, 3.8) is 0 Å². The number of nitrogens with one attached hydrogen (secondary N) is 1. The summed E-state index contributed by atoms with van der Waals surface area (Å²) in [5.41, 5.74) is 0.819. The van der Waals surface area contributed by atoms with Crippen molar-refractivity contribution in [1.29, 1.82) is 0 Å². The van der Waals surface area contributed by atoms with Gasteiger partial charge in [0, 0.05) is 24.5 Å². The monoisotopic (exact) mass is 387 g/mol. The highest BCUT2D eigenvalue weighted by atomic mass is 16.2. The maximum Gasteiger partial charge on any atom is 0.242 e. The molecular weight excluding hydrogens is 350 g/mol. The molecule has 0 aliphatic carbocycles. The van der Waals surface area contributed by atoms with Crippen molar-refractivity contribution in [2.75, 3.05) is 26.2 Å². The minimum atomic E-state index is -0.458. The number of benzene rings is 1. The van der Waals surface area contributed by atoms with Crippen molar-refractivity contribution < 1.29 is 9.59 Å². The van der Waals surface area contributed by atoms with Crippen molar-refractivity contribution in [2.24, 2.45) is 5.41 Å². The van der Waals surface area contributed by atoms with Crippen molar-refractivity contribution in [3.8, 4) is 0 Å². The fraction of sp³-hybridized carbons (Fsp3) is 0.652. The fourth-order valence-electron chi connectivity index (χ4n) is 4.01. The van der Waals surface area contributed by atoms with E-state index in [9.17, 15) is 9.59 Å². The summed E-state index contributed by atoms with van der Waals surface area (Å²) in [6.45, 7) is 13.2. The molecule has 1 aromatic carbocycles. The fourth-order valence-corrected chi connectivity index (χ4v) is 4.01. The summed E-state index contributed by atoms with van der Waals surface area (Å²) in [6.07, 6.45) is 2.55. The number of likely N-dealkylation sites (N-methyl/N-ethyl adjacent to an activating group) is 1. The molecule has 2 amide bonds. The number of carbonyl (C=O) groups is 2. The lowest BCUT2D eigenvalue weighted by molar-refractivity contribution is -0.144. The number of carbonyl (C=O) groups excluding carboxylic acids is 2. The first-order valence-electron chi connectivity index (χ1n) is 10.6. The van der Waals surface area contributed by atoms with Crippen LogP contribution in [0.2, 0.25) is 0 Å². The van der Waals surface area contributed by atoms with E-state index in [1.54, 1.807) is 4.90 Å². The highest BCUT2D eigenvalue weighted by Crippen LogP contribution is 2.25. The average molecular weight is 388 g/mol. The second kappa shape index (κ2) is 10.1. The van der Waals surface area contributed by atoms with Crippen LogP contribution in [0.1, 0.15) is 53.0 Å². The summed E-state index contributed by atoms with van der Waals surface area (Å²) in [5, 5.41) is 3.16. The molecule has 0 aromatic heterocycles. The van der Waals surface area contributed by atoms with Gasteiger partial charge in [0.2, 0.25) is 11.8 Å². The summed E-state index contributed by atoms with van der Waals surface area (Å²) < 4.78 is 0. The highest BCUT2D eigenvalue weighted by Gasteiger charge is 2.38. The van der Waals surface area contributed by atoms with E-state index in [1.807, 2.05) is 26.8 Å². The Kier molecular flexibility index (Phi) is 8.05. The molecule has 1 N–H and O–H groups in total. The lowest BCUT2D eigenvalue weighted by Gasteiger charge is -2.32. The van der Waals surface area contributed by atoms with Crippen molar-refractivity contribution in [3.05, 3.63) is 35.9 Å². The third kappa shape index (κ3) is 5.81. The van der Waals surface area contributed by atoms with Crippen LogP contribution in [0.5, 0.6) is 0 Å². The summed E-state index contributed by atoms with van der Waals surface area (Å²) in [6, 6.07) is 10.3. The predicted molar refractivity (Wildman–Crippen MR) is 114 cm³/mol. The molecule has 1 fully saturated rings. The Morgan fingerprint density at radius 2 is 1.82 bits per heavy atom. The lowest BCUT2D eigenvalue weighted by atomic mass is 9.94. The van der Waals surface area contributed by atoms with Crippen LogP contribution in [0, 0.1) is 5.41 Å². The normalized spacial score (nSPS) is 18.4. The van der Waals surface area contributed by atoms with Gasteiger partial charge in [-0.1, -0.05) is 65.0 Å². The van der Waals surface area contributed by atoms with Gasteiger partial charge in [-0.2, -0.15) is 0 Å². The number of rotatable bonds is 8. The Hall–Kier alpha value is -1.88. The van der Waals surface area contributed by atoms with E-state index < -0.39 is 5.41 Å². The summed E-state index contributed by atoms with van der Waals surface area (Å²) in [4.78, 5) is 29.8. The van der Waals surface area contributed by atoms with Crippen LogP contribution in [-0.4, -0.2) is 59.9 Å². The van der Waals surface area contributed by atoms with E-state index in [2.05, 4.69) is 48.3 Å². The van der Waals surface area contributed by atoms with Crippen LogP contribution in [-0.2, 0) is 16.0 Å². The molecule has 1 heterocycles. The third-order valence-corrected chi connectivity index (χ3v) is 5.61. The van der Waals surface area contributed by atoms with Crippen LogP contribution >= 0.6 is 0 Å². The van der Waals surface area contributed by atoms with Crippen LogP contribution in [0.3, 0.4) is 0 Å². The van der Waals surface area contributed by atoms with E-state index >= 15 is 0 Å². The maximum absolute atomic E-state index is 12.9. The molecule has 1 aromatic rings. The molecule has 2 unspecified atom stereocenters. The maximum atomic E-state index is 12.9. The van der Waals surface area contributed by atoms with E-state index in [0.717, 1.165) is 32.4 Å². The number of likely N-dealkylation sites (tertiary alicyclic amines) is 1. The minimum Gasteiger partial charge on any atom is -0.353 e. The molecule has 28 heavy (non-hydrogen) atoms. The van der Waals surface area contributed by atoms with E-state index in [1.165, 1.54) is 5.56 Å². The van der Waals surface area contributed by atoms with Gasteiger partial charge in [-0.15, -0.1) is 0 Å². The first kappa shape index (κ1) is 22.4. The summed E-state index contributed by atoms with van der Waals surface area (Å²) in [5.74, 6) is 0.0510. The molecule has 0 radical (unpaired) electrons. The molecule has 5 nitrogen and oxygen atoms in total. The molecule has 1 aliphatic rings. The predicted octanol–water partition coefficient (Wildman–Crippen LogP) is 3.09. The van der Waals surface area contributed by atoms with Gasteiger partial charge in [0.25, 0.3) is 0 Å². The lowest BCUT2D eigenvalue weighted by Crippen LogP contribution is -2.52. The van der Waals surface area contributed by atoms with Gasteiger partial charge in [0.1, 0.15) is 6.04 Å². The first-order chi connectivity index (χ1) is 13.3. The largest absolute Gasteiger partial charge is 0.353 e. The first-order valence-corrected chi connectivity index (χ1v) is 10.6. The molecule has 0 saturated carbocycles. The number of hydrogen-bond donors (Lipinski definition) is 1. The highest BCUT2D eigenvalue weighted by molar-refractivity contribution is 5.90. The topological polar surface area (TPSA) is 52.7 Å². The molecule has 0 bridgehead atoms. The van der Waals surface area contributed by atoms with Crippen LogP contribution in [0.25, 0.3) is 0 Å². The van der Waals surface area contributed by atoms with Gasteiger partial charge in [0.15, 0.2) is 0 Å². The molecule has 1 aliphatic heterocycles. The number of amides is 2. The number of nitrogens with zero attached hydrogens (tertiary/aromatic N) is 2. The van der Waals surface area contributed by atoms with Gasteiger partial charge in [0.05, 0.1) is 0 Å². The Labute approximate surface area is 170 Å². The summed E-state index contributed by atoms with van der Waals surface area (Å²) in [7, 11) is 0. The standard InChI is InChI=1S/C23H37N3O2/c1-6-25(7-2)19(16-18-12-9-8-10-13-18)17-24-21(27)20-14-11-15-26(20)22(28)23(3,4)5/h8-10,12-13,19-20H,6-7,11,14-17H2,1-5H3,(H,24,27). The quantitative estimate of drug-likeness (QED) is 0.746. The molecule has 5 heteroatoms. The van der Waals surface area contributed by atoms with Gasteiger partial charge in [-0.3, -0.25) is 14.5 Å². The molecule has 2 atom stereocenters. The molecule has 156 valence electrons. The number of hydrogen-bond acceptors (Lipinski definition) is 3. The Morgan fingerprint density at radius 1 is 1.18 bits per heavy atom. The third-order valence-electron chi connectivity index (χ3n) is 5.61. The second-order valence-corrected chi connectivity index (χ2v) is 8.72.